The van der Waals surface area contributed by atoms with Crippen LogP contribution >= 0.6 is 0 Å². The SMILES string of the molecule is CCC(C)CCc1nnc(CCC(=O)Cc2ccc(C)cc2C)n1C1CC1. The van der Waals surface area contributed by atoms with Crippen LogP contribution in [0.3, 0.4) is 0 Å². The van der Waals surface area contributed by atoms with Gasteiger partial charge in [-0.15, -0.1) is 10.2 Å². The molecule has 0 radical (unpaired) electrons. The number of carbonyl (C=O) groups is 1. The van der Waals surface area contributed by atoms with Gasteiger partial charge in [0.05, 0.1) is 0 Å². The Morgan fingerprint density at radius 2 is 1.89 bits per heavy atom. The molecule has 1 unspecified atom stereocenters. The van der Waals surface area contributed by atoms with Crippen molar-refractivity contribution < 1.29 is 4.79 Å². The summed E-state index contributed by atoms with van der Waals surface area (Å²) in [6.45, 7) is 8.71. The number of rotatable bonds is 10. The lowest BCUT2D eigenvalue weighted by atomic mass is 9.99. The lowest BCUT2D eigenvalue weighted by molar-refractivity contribution is -0.118. The first-order valence-electron chi connectivity index (χ1n) is 10.5. The Kier molecular flexibility index (Phi) is 6.46. The van der Waals surface area contributed by atoms with Crippen molar-refractivity contribution in [3.05, 3.63) is 46.5 Å². The minimum atomic E-state index is 0.286. The number of benzene rings is 1. The maximum atomic E-state index is 12.5. The average molecular weight is 368 g/mol. The largest absolute Gasteiger partial charge is 0.312 e. The second kappa shape index (κ2) is 8.81. The summed E-state index contributed by atoms with van der Waals surface area (Å²) in [5.74, 6) is 3.13. The van der Waals surface area contributed by atoms with E-state index in [1.165, 1.54) is 30.4 Å². The van der Waals surface area contributed by atoms with Crippen molar-refractivity contribution in [2.45, 2.75) is 85.1 Å². The maximum Gasteiger partial charge on any atom is 0.137 e. The Morgan fingerprint density at radius 3 is 2.52 bits per heavy atom. The van der Waals surface area contributed by atoms with Gasteiger partial charge in [0.15, 0.2) is 0 Å². The molecule has 0 N–H and O–H groups in total. The normalized spacial score (nSPS) is 15.1. The molecule has 1 aromatic heterocycles. The topological polar surface area (TPSA) is 47.8 Å². The van der Waals surface area contributed by atoms with Crippen LogP contribution in [-0.2, 0) is 24.1 Å². The third-order valence-electron chi connectivity index (χ3n) is 5.82. The first kappa shape index (κ1) is 19.8. The number of hydrogen-bond acceptors (Lipinski definition) is 3. The molecule has 4 nitrogen and oxygen atoms in total. The van der Waals surface area contributed by atoms with Crippen LogP contribution < -0.4 is 0 Å². The van der Waals surface area contributed by atoms with Crippen molar-refractivity contribution in [3.8, 4) is 0 Å². The molecule has 0 amide bonds. The summed E-state index contributed by atoms with van der Waals surface area (Å²) in [5.41, 5.74) is 3.59. The van der Waals surface area contributed by atoms with Gasteiger partial charge in [0.1, 0.15) is 17.4 Å². The summed E-state index contributed by atoms with van der Waals surface area (Å²) in [6, 6.07) is 6.89. The smallest absolute Gasteiger partial charge is 0.137 e. The fraction of sp³-hybridized carbons (Fsp3) is 0.609. The molecule has 4 heteroatoms. The monoisotopic (exact) mass is 367 g/mol. The van der Waals surface area contributed by atoms with Crippen LogP contribution in [0.2, 0.25) is 0 Å². The highest BCUT2D eigenvalue weighted by molar-refractivity contribution is 5.81. The third-order valence-corrected chi connectivity index (χ3v) is 5.82. The van der Waals surface area contributed by atoms with Crippen molar-refractivity contribution in [1.82, 2.24) is 14.8 Å². The van der Waals surface area contributed by atoms with Gasteiger partial charge in [-0.3, -0.25) is 4.79 Å². The molecule has 1 aliphatic rings. The van der Waals surface area contributed by atoms with Gasteiger partial charge in [-0.25, -0.2) is 0 Å². The molecule has 1 fully saturated rings. The van der Waals surface area contributed by atoms with Gasteiger partial charge in [-0.05, 0) is 50.2 Å². The van der Waals surface area contributed by atoms with Gasteiger partial charge >= 0.3 is 0 Å². The van der Waals surface area contributed by atoms with Crippen LogP contribution in [-0.4, -0.2) is 20.5 Å². The van der Waals surface area contributed by atoms with Crippen molar-refractivity contribution in [3.63, 3.8) is 0 Å². The van der Waals surface area contributed by atoms with E-state index < -0.39 is 0 Å². The van der Waals surface area contributed by atoms with Crippen LogP contribution in [0.1, 0.15) is 80.3 Å². The fourth-order valence-electron chi connectivity index (χ4n) is 3.63. The van der Waals surface area contributed by atoms with Crippen LogP contribution in [0.5, 0.6) is 0 Å². The molecule has 3 rings (SSSR count). The Morgan fingerprint density at radius 1 is 1.19 bits per heavy atom. The van der Waals surface area contributed by atoms with Crippen molar-refractivity contribution in [2.75, 3.05) is 0 Å². The van der Waals surface area contributed by atoms with E-state index in [0.717, 1.165) is 36.0 Å². The number of ketones is 1. The number of aryl methyl sites for hydroxylation is 4. The molecular weight excluding hydrogens is 334 g/mol. The summed E-state index contributed by atoms with van der Waals surface area (Å²) in [4.78, 5) is 12.5. The standard InChI is InChI=1S/C23H33N3O/c1-5-16(2)7-12-22-24-25-23(26(22)20-9-10-20)13-11-21(27)15-19-8-6-17(3)14-18(19)4/h6,8,14,16,20H,5,7,9-13,15H2,1-4H3. The lowest BCUT2D eigenvalue weighted by Gasteiger charge is -2.11. The van der Waals surface area contributed by atoms with Crippen LogP contribution in [0.25, 0.3) is 0 Å². The van der Waals surface area contributed by atoms with Crippen molar-refractivity contribution >= 4 is 5.78 Å². The zero-order valence-electron chi connectivity index (χ0n) is 17.3. The Bertz CT molecular complexity index is 789. The van der Waals surface area contributed by atoms with E-state index in [0.29, 0.717) is 25.3 Å². The van der Waals surface area contributed by atoms with Gasteiger partial charge in [0, 0.05) is 31.7 Å². The molecule has 1 aromatic carbocycles. The highest BCUT2D eigenvalue weighted by Crippen LogP contribution is 2.37. The van der Waals surface area contributed by atoms with Crippen LogP contribution in [0, 0.1) is 19.8 Å². The van der Waals surface area contributed by atoms with Gasteiger partial charge in [0.2, 0.25) is 0 Å². The second-order valence-electron chi connectivity index (χ2n) is 8.33. The minimum Gasteiger partial charge on any atom is -0.312 e. The summed E-state index contributed by atoms with van der Waals surface area (Å²) in [7, 11) is 0. The van der Waals surface area contributed by atoms with E-state index in [9.17, 15) is 4.79 Å². The van der Waals surface area contributed by atoms with Gasteiger partial charge in [0.25, 0.3) is 0 Å². The fourth-order valence-corrected chi connectivity index (χ4v) is 3.63. The Hall–Kier alpha value is -1.97. The molecule has 0 spiro atoms. The molecule has 0 bridgehead atoms. The van der Waals surface area contributed by atoms with E-state index in [4.69, 9.17) is 0 Å². The summed E-state index contributed by atoms with van der Waals surface area (Å²) < 4.78 is 2.34. The number of nitrogens with zero attached hydrogens (tertiary/aromatic N) is 3. The Labute approximate surface area is 163 Å². The molecule has 0 aliphatic heterocycles. The number of carbonyl (C=O) groups excluding carboxylic acids is 1. The maximum absolute atomic E-state index is 12.5. The zero-order chi connectivity index (χ0) is 19.4. The number of Topliss-reactive ketones (excluding diaryl/α,β-unsaturated/α-hetero) is 1. The first-order chi connectivity index (χ1) is 13.0. The van der Waals surface area contributed by atoms with Gasteiger partial charge in [-0.2, -0.15) is 0 Å². The van der Waals surface area contributed by atoms with E-state index in [1.54, 1.807) is 0 Å². The molecule has 1 saturated carbocycles. The highest BCUT2D eigenvalue weighted by atomic mass is 16.1. The summed E-state index contributed by atoms with van der Waals surface area (Å²) >= 11 is 0. The minimum absolute atomic E-state index is 0.286. The van der Waals surface area contributed by atoms with E-state index in [2.05, 4.69) is 60.7 Å². The van der Waals surface area contributed by atoms with Crippen LogP contribution in [0.15, 0.2) is 18.2 Å². The van der Waals surface area contributed by atoms with E-state index in [1.807, 2.05) is 0 Å². The predicted octanol–water partition coefficient (Wildman–Crippen LogP) is 4.95. The third kappa shape index (κ3) is 5.27. The van der Waals surface area contributed by atoms with Gasteiger partial charge in [-0.1, -0.05) is 44.0 Å². The molecule has 1 aliphatic carbocycles. The van der Waals surface area contributed by atoms with Crippen molar-refractivity contribution in [1.29, 1.82) is 0 Å². The molecule has 0 saturated heterocycles. The summed E-state index contributed by atoms with van der Waals surface area (Å²) in [6.07, 6.45) is 7.57. The molecule has 2 aromatic rings. The number of aromatic nitrogens is 3. The first-order valence-corrected chi connectivity index (χ1v) is 10.5. The van der Waals surface area contributed by atoms with Gasteiger partial charge < -0.3 is 4.57 Å². The second-order valence-corrected chi connectivity index (χ2v) is 8.33. The van der Waals surface area contributed by atoms with Crippen LogP contribution in [0.4, 0.5) is 0 Å². The zero-order valence-corrected chi connectivity index (χ0v) is 17.3. The molecule has 27 heavy (non-hydrogen) atoms. The molecule has 146 valence electrons. The quantitative estimate of drug-likeness (QED) is 0.597. The molecule has 1 atom stereocenters. The van der Waals surface area contributed by atoms with E-state index in [-0.39, 0.29) is 5.78 Å². The predicted molar refractivity (Wildman–Crippen MR) is 109 cm³/mol. The average Bonchev–Trinajstić information content (AvgIpc) is 3.40. The Balaban J connectivity index is 1.60. The number of hydrogen-bond donors (Lipinski definition) is 0. The molecular formula is C23H33N3O. The summed E-state index contributed by atoms with van der Waals surface area (Å²) in [5, 5.41) is 8.92. The highest BCUT2D eigenvalue weighted by Gasteiger charge is 2.29. The molecule has 1 heterocycles. The van der Waals surface area contributed by atoms with Crippen molar-refractivity contribution in [2.24, 2.45) is 5.92 Å². The van der Waals surface area contributed by atoms with E-state index >= 15 is 0 Å². The lowest BCUT2D eigenvalue weighted by Crippen LogP contribution is -2.11.